The molecular formula is C15H25NO3. The van der Waals surface area contributed by atoms with E-state index in [4.69, 9.17) is 9.47 Å². The highest BCUT2D eigenvalue weighted by atomic mass is 16.6. The van der Waals surface area contributed by atoms with E-state index in [0.29, 0.717) is 12.0 Å². The summed E-state index contributed by atoms with van der Waals surface area (Å²) in [7, 11) is 0. The lowest BCUT2D eigenvalue weighted by molar-refractivity contribution is 0.0232. The summed E-state index contributed by atoms with van der Waals surface area (Å²) in [6.45, 7) is 9.24. The Morgan fingerprint density at radius 2 is 2.11 bits per heavy atom. The number of ether oxygens (including phenoxy) is 2. The molecule has 0 aromatic rings. The molecule has 108 valence electrons. The fraction of sp³-hybridized carbons (Fsp3) is 0.800. The second-order valence-electron chi connectivity index (χ2n) is 6.94. The zero-order valence-corrected chi connectivity index (χ0v) is 12.4. The summed E-state index contributed by atoms with van der Waals surface area (Å²) in [6, 6.07) is 0. The molecule has 1 saturated carbocycles. The maximum atomic E-state index is 11.8. The minimum Gasteiger partial charge on any atom is -0.443 e. The first-order valence-electron chi connectivity index (χ1n) is 7.07. The summed E-state index contributed by atoms with van der Waals surface area (Å²) in [6.07, 6.45) is 7.15. The molecule has 0 saturated heterocycles. The van der Waals surface area contributed by atoms with Crippen molar-refractivity contribution in [3.05, 3.63) is 12.3 Å². The molecule has 1 unspecified atom stereocenters. The van der Waals surface area contributed by atoms with E-state index in [2.05, 4.69) is 6.92 Å². The molecule has 0 bridgehead atoms. The van der Waals surface area contributed by atoms with Crippen LogP contribution in [0.5, 0.6) is 0 Å². The van der Waals surface area contributed by atoms with Gasteiger partial charge in [-0.1, -0.05) is 6.92 Å². The third kappa shape index (κ3) is 4.53. The minimum atomic E-state index is -0.454. The molecule has 0 N–H and O–H groups in total. The van der Waals surface area contributed by atoms with E-state index in [0.717, 1.165) is 13.0 Å². The van der Waals surface area contributed by atoms with Crippen LogP contribution in [0, 0.1) is 5.41 Å². The first-order chi connectivity index (χ1) is 8.77. The molecule has 19 heavy (non-hydrogen) atoms. The van der Waals surface area contributed by atoms with Crippen LogP contribution < -0.4 is 0 Å². The Kier molecular flexibility index (Phi) is 3.90. The third-order valence-corrected chi connectivity index (χ3v) is 3.63. The average molecular weight is 267 g/mol. The van der Waals surface area contributed by atoms with Gasteiger partial charge in [0.05, 0.1) is 12.6 Å². The van der Waals surface area contributed by atoms with E-state index < -0.39 is 5.60 Å². The van der Waals surface area contributed by atoms with Gasteiger partial charge in [0.25, 0.3) is 0 Å². The molecule has 1 atom stereocenters. The molecule has 1 aliphatic carbocycles. The fourth-order valence-electron chi connectivity index (χ4n) is 2.00. The first-order valence-corrected chi connectivity index (χ1v) is 7.07. The molecule has 1 heterocycles. The van der Waals surface area contributed by atoms with Crippen molar-refractivity contribution in [3.8, 4) is 0 Å². The summed E-state index contributed by atoms with van der Waals surface area (Å²) in [5.41, 5.74) is 0.0671. The molecule has 0 spiro atoms. The molecular weight excluding hydrogens is 242 g/mol. The van der Waals surface area contributed by atoms with Gasteiger partial charge in [0.15, 0.2) is 0 Å². The summed E-state index contributed by atoms with van der Waals surface area (Å²) >= 11 is 0. The van der Waals surface area contributed by atoms with Gasteiger partial charge in [0.2, 0.25) is 0 Å². The molecule has 1 aliphatic heterocycles. The zero-order valence-electron chi connectivity index (χ0n) is 12.4. The number of hydrogen-bond donors (Lipinski definition) is 0. The lowest BCUT2D eigenvalue weighted by Gasteiger charge is -2.24. The lowest BCUT2D eigenvalue weighted by Crippen LogP contribution is -2.35. The van der Waals surface area contributed by atoms with Crippen molar-refractivity contribution in [2.75, 3.05) is 13.2 Å². The van der Waals surface area contributed by atoms with E-state index in [1.165, 1.54) is 12.8 Å². The summed E-state index contributed by atoms with van der Waals surface area (Å²) in [4.78, 5) is 13.4. The molecule has 0 aromatic carbocycles. The first kappa shape index (κ1) is 14.4. The summed E-state index contributed by atoms with van der Waals surface area (Å²) in [5.74, 6) is 0. The Bertz CT molecular complexity index is 366. The quantitative estimate of drug-likeness (QED) is 0.784. The van der Waals surface area contributed by atoms with Crippen molar-refractivity contribution >= 4 is 6.09 Å². The topological polar surface area (TPSA) is 38.8 Å². The molecule has 0 aromatic heterocycles. The van der Waals surface area contributed by atoms with E-state index in [-0.39, 0.29) is 12.2 Å². The van der Waals surface area contributed by atoms with Gasteiger partial charge in [-0.2, -0.15) is 0 Å². The van der Waals surface area contributed by atoms with Crippen LogP contribution in [0.15, 0.2) is 12.3 Å². The number of hydrogen-bond acceptors (Lipinski definition) is 3. The lowest BCUT2D eigenvalue weighted by atomic mass is 10.1. The highest BCUT2D eigenvalue weighted by Crippen LogP contribution is 2.48. The summed E-state index contributed by atoms with van der Waals surface area (Å²) < 4.78 is 11.1. The van der Waals surface area contributed by atoms with Crippen LogP contribution in [0.2, 0.25) is 0 Å². The molecule has 2 rings (SSSR count). The zero-order chi connectivity index (χ0) is 14.1. The number of rotatable bonds is 4. The smallest absolute Gasteiger partial charge is 0.414 e. The van der Waals surface area contributed by atoms with Gasteiger partial charge >= 0.3 is 6.09 Å². The molecule has 0 radical (unpaired) electrons. The summed E-state index contributed by atoms with van der Waals surface area (Å²) in [5, 5.41) is 0. The van der Waals surface area contributed by atoms with E-state index in [1.807, 2.05) is 26.8 Å². The van der Waals surface area contributed by atoms with E-state index in [1.54, 1.807) is 11.1 Å². The van der Waals surface area contributed by atoms with Gasteiger partial charge in [-0.25, -0.2) is 4.79 Å². The second-order valence-corrected chi connectivity index (χ2v) is 6.94. The van der Waals surface area contributed by atoms with E-state index >= 15 is 0 Å². The third-order valence-electron chi connectivity index (χ3n) is 3.63. The van der Waals surface area contributed by atoms with Gasteiger partial charge in [-0.15, -0.1) is 0 Å². The highest BCUT2D eigenvalue weighted by molar-refractivity contribution is 5.70. The van der Waals surface area contributed by atoms with Crippen molar-refractivity contribution in [3.63, 3.8) is 0 Å². The largest absolute Gasteiger partial charge is 0.443 e. The van der Waals surface area contributed by atoms with Crippen LogP contribution in [0.1, 0.15) is 47.0 Å². The van der Waals surface area contributed by atoms with Crippen LogP contribution in [0.25, 0.3) is 0 Å². The molecule has 4 heteroatoms. The number of amides is 1. The average Bonchev–Trinajstić information content (AvgIpc) is 2.83. The maximum Gasteiger partial charge on any atom is 0.414 e. The molecule has 2 aliphatic rings. The van der Waals surface area contributed by atoms with Crippen LogP contribution >= 0.6 is 0 Å². The SMILES string of the molecule is CC1(CCOC2C=CN(C(=O)OC(C)(C)C)C2)CC1. The van der Waals surface area contributed by atoms with Crippen LogP contribution in [-0.2, 0) is 9.47 Å². The Morgan fingerprint density at radius 1 is 1.42 bits per heavy atom. The predicted molar refractivity (Wildman–Crippen MR) is 73.8 cm³/mol. The highest BCUT2D eigenvalue weighted by Gasteiger charge is 2.36. The van der Waals surface area contributed by atoms with Crippen molar-refractivity contribution in [2.24, 2.45) is 5.41 Å². The Morgan fingerprint density at radius 3 is 2.68 bits per heavy atom. The minimum absolute atomic E-state index is 0.00914. The number of carbonyl (C=O) groups excluding carboxylic acids is 1. The fourth-order valence-corrected chi connectivity index (χ4v) is 2.00. The van der Waals surface area contributed by atoms with E-state index in [9.17, 15) is 4.79 Å². The van der Waals surface area contributed by atoms with Gasteiger partial charge in [0, 0.05) is 12.8 Å². The van der Waals surface area contributed by atoms with Crippen molar-refractivity contribution in [2.45, 2.75) is 58.7 Å². The van der Waals surface area contributed by atoms with Crippen molar-refractivity contribution in [1.82, 2.24) is 4.90 Å². The van der Waals surface area contributed by atoms with Crippen molar-refractivity contribution < 1.29 is 14.3 Å². The normalized spacial score (nSPS) is 24.6. The number of carbonyl (C=O) groups is 1. The standard InChI is InChI=1S/C15H25NO3/c1-14(2,3)19-13(17)16-9-5-12(11-16)18-10-8-15(4)6-7-15/h5,9,12H,6-8,10-11H2,1-4H3. The second kappa shape index (κ2) is 5.16. The Labute approximate surface area is 115 Å². The predicted octanol–water partition coefficient (Wildman–Crippen LogP) is 3.33. The van der Waals surface area contributed by atoms with Gasteiger partial charge < -0.3 is 9.47 Å². The molecule has 1 fully saturated rings. The Hall–Kier alpha value is -1.03. The van der Waals surface area contributed by atoms with Crippen LogP contribution in [0.3, 0.4) is 0 Å². The Balaban J connectivity index is 1.68. The monoisotopic (exact) mass is 267 g/mol. The van der Waals surface area contributed by atoms with Gasteiger partial charge in [0.1, 0.15) is 5.60 Å². The van der Waals surface area contributed by atoms with Crippen molar-refractivity contribution in [1.29, 1.82) is 0 Å². The maximum absolute atomic E-state index is 11.8. The molecule has 4 nitrogen and oxygen atoms in total. The molecule has 1 amide bonds. The van der Waals surface area contributed by atoms with Crippen LogP contribution in [0.4, 0.5) is 4.79 Å². The van der Waals surface area contributed by atoms with Gasteiger partial charge in [-0.05, 0) is 51.5 Å². The number of nitrogens with zero attached hydrogens (tertiary/aromatic N) is 1. The van der Waals surface area contributed by atoms with Crippen LogP contribution in [-0.4, -0.2) is 35.8 Å². The van der Waals surface area contributed by atoms with Gasteiger partial charge in [-0.3, -0.25) is 4.90 Å².